The zero-order chi connectivity index (χ0) is 49.4. The highest BCUT2D eigenvalue weighted by molar-refractivity contribution is 6.12. The van der Waals surface area contributed by atoms with Crippen molar-refractivity contribution in [1.29, 1.82) is 0 Å². The first-order chi connectivity index (χ1) is 37.1. The van der Waals surface area contributed by atoms with Gasteiger partial charge in [-0.05, 0) is 124 Å². The largest absolute Gasteiger partial charge is 0.456 e. The fourth-order valence-electron chi connectivity index (χ4n) is 11.5. The lowest BCUT2D eigenvalue weighted by molar-refractivity contribution is 0.669. The van der Waals surface area contributed by atoms with Crippen LogP contribution < -0.4 is 4.90 Å². The summed E-state index contributed by atoms with van der Waals surface area (Å²) in [4.78, 5) is 17.2. The molecule has 0 saturated carbocycles. The van der Waals surface area contributed by atoms with Gasteiger partial charge in [0.15, 0.2) is 17.5 Å². The van der Waals surface area contributed by atoms with Crippen LogP contribution in [-0.4, -0.2) is 25.6 Å². The lowest BCUT2D eigenvalue weighted by atomic mass is 9.89. The number of hydrogen-bond acceptors (Lipinski definition) is 5. The molecule has 6 heteroatoms. The van der Waals surface area contributed by atoms with Crippen LogP contribution in [-0.2, 0) is 0 Å². The third kappa shape index (κ3) is 7.29. The van der Waals surface area contributed by atoms with Crippen molar-refractivity contribution < 1.29 is 4.42 Å². The third-order valence-electron chi connectivity index (χ3n) is 15.2. The van der Waals surface area contributed by atoms with Crippen LogP contribution >= 0.6 is 0 Å². The lowest BCUT2D eigenvalue weighted by Gasteiger charge is -2.29. The van der Waals surface area contributed by atoms with Crippen molar-refractivity contribution in [3.8, 4) is 62.1 Å². The molecule has 0 saturated heterocycles. The monoisotopic (exact) mass is 959 g/mol. The Morgan fingerprint density at radius 3 is 1.55 bits per heavy atom. The predicted molar refractivity (Wildman–Crippen MR) is 308 cm³/mol. The predicted octanol–water partition coefficient (Wildman–Crippen LogP) is 17.6. The van der Waals surface area contributed by atoms with E-state index in [1.54, 1.807) is 0 Å². The number of nitrogens with zero attached hydrogens (tertiary/aromatic N) is 5. The second kappa shape index (κ2) is 17.4. The van der Waals surface area contributed by atoms with Gasteiger partial charge >= 0.3 is 0 Å². The summed E-state index contributed by atoms with van der Waals surface area (Å²) < 4.78 is 8.87. The van der Waals surface area contributed by atoms with Crippen LogP contribution in [0.4, 0.5) is 11.4 Å². The first kappa shape index (κ1) is 42.7. The first-order valence-corrected chi connectivity index (χ1v) is 25.6. The van der Waals surface area contributed by atoms with Crippen molar-refractivity contribution in [2.24, 2.45) is 0 Å². The number of allylic oxidation sites excluding steroid dienone is 2. The van der Waals surface area contributed by atoms with Crippen LogP contribution in [0.3, 0.4) is 0 Å². The van der Waals surface area contributed by atoms with Crippen molar-refractivity contribution in [2.75, 3.05) is 4.90 Å². The minimum atomic E-state index is 0.261. The van der Waals surface area contributed by atoms with Crippen LogP contribution in [0.2, 0.25) is 0 Å². The number of furan rings is 1. The fraction of sp³-hybridized carbons (Fsp3) is 0.0290. The van der Waals surface area contributed by atoms with Gasteiger partial charge in [-0.3, -0.25) is 0 Å². The Morgan fingerprint density at radius 2 is 0.867 bits per heavy atom. The summed E-state index contributed by atoms with van der Waals surface area (Å²) in [6.07, 6.45) is 5.75. The van der Waals surface area contributed by atoms with Crippen LogP contribution in [0.15, 0.2) is 259 Å². The molecule has 4 heterocycles. The quantitative estimate of drug-likeness (QED) is 0.152. The second-order valence-corrected chi connectivity index (χ2v) is 19.5. The molecule has 352 valence electrons. The number of benzene rings is 10. The molecular formula is C69H45N5O. The Balaban J connectivity index is 0.732. The topological polar surface area (TPSA) is 60.0 Å². The highest BCUT2D eigenvalue weighted by Crippen LogP contribution is 2.49. The van der Waals surface area contributed by atoms with Crippen LogP contribution in [0.5, 0.6) is 0 Å². The van der Waals surface area contributed by atoms with E-state index in [1.165, 1.54) is 49.9 Å². The first-order valence-electron chi connectivity index (χ1n) is 25.6. The summed E-state index contributed by atoms with van der Waals surface area (Å²) in [6, 6.07) is 86.3. The van der Waals surface area contributed by atoms with Gasteiger partial charge < -0.3 is 13.9 Å². The number of fused-ring (bicyclic) bond motifs is 9. The highest BCUT2D eigenvalue weighted by atomic mass is 16.3. The molecule has 0 fully saturated rings. The fourth-order valence-corrected chi connectivity index (χ4v) is 11.5. The molecule has 15 rings (SSSR count). The van der Waals surface area contributed by atoms with Crippen molar-refractivity contribution in [3.05, 3.63) is 266 Å². The zero-order valence-electron chi connectivity index (χ0n) is 40.7. The molecule has 1 atom stereocenters. The van der Waals surface area contributed by atoms with Gasteiger partial charge in [0.2, 0.25) is 0 Å². The molecule has 3 aromatic heterocycles. The van der Waals surface area contributed by atoms with Gasteiger partial charge in [0.1, 0.15) is 11.2 Å². The Kier molecular flexibility index (Phi) is 9.91. The number of anilines is 2. The van der Waals surface area contributed by atoms with E-state index in [1.807, 2.05) is 60.7 Å². The molecular weight excluding hydrogens is 915 g/mol. The van der Waals surface area contributed by atoms with Crippen LogP contribution in [0.1, 0.15) is 17.5 Å². The van der Waals surface area contributed by atoms with E-state index in [2.05, 4.69) is 204 Å². The van der Waals surface area contributed by atoms with E-state index >= 15 is 0 Å². The van der Waals surface area contributed by atoms with Gasteiger partial charge in [0.05, 0.1) is 17.1 Å². The Labute approximate surface area is 433 Å². The van der Waals surface area contributed by atoms with E-state index in [4.69, 9.17) is 19.4 Å². The summed E-state index contributed by atoms with van der Waals surface area (Å²) in [6.45, 7) is 0. The van der Waals surface area contributed by atoms with Crippen LogP contribution in [0.25, 0.3) is 117 Å². The minimum Gasteiger partial charge on any atom is -0.456 e. The van der Waals surface area contributed by atoms with Gasteiger partial charge in [-0.15, -0.1) is 0 Å². The maximum absolute atomic E-state index is 6.49. The summed E-state index contributed by atoms with van der Waals surface area (Å²) in [5, 5.41) is 4.66. The summed E-state index contributed by atoms with van der Waals surface area (Å²) in [5.41, 5.74) is 20.2. The molecule has 0 bridgehead atoms. The minimum absolute atomic E-state index is 0.261. The Morgan fingerprint density at radius 1 is 0.373 bits per heavy atom. The number of rotatable bonds is 8. The van der Waals surface area contributed by atoms with E-state index in [-0.39, 0.29) is 6.04 Å². The summed E-state index contributed by atoms with van der Waals surface area (Å²) in [7, 11) is 0. The number of para-hydroxylation sites is 3. The zero-order valence-corrected chi connectivity index (χ0v) is 40.7. The molecule has 0 radical (unpaired) electrons. The molecule has 1 unspecified atom stereocenters. The highest BCUT2D eigenvalue weighted by Gasteiger charge is 2.36. The molecule has 0 N–H and O–H groups in total. The van der Waals surface area contributed by atoms with Crippen molar-refractivity contribution in [1.82, 2.24) is 19.5 Å². The summed E-state index contributed by atoms with van der Waals surface area (Å²) in [5.74, 6) is 1.94. The van der Waals surface area contributed by atoms with Crippen molar-refractivity contribution in [3.63, 3.8) is 0 Å². The molecule has 1 aliphatic heterocycles. The van der Waals surface area contributed by atoms with Gasteiger partial charge in [-0.2, -0.15) is 0 Å². The third-order valence-corrected chi connectivity index (χ3v) is 15.2. The smallest absolute Gasteiger partial charge is 0.164 e. The maximum atomic E-state index is 6.49. The van der Waals surface area contributed by atoms with Crippen LogP contribution in [0, 0.1) is 0 Å². The standard InChI is InChI=1S/C69H45N5O/c1-4-14-46(15-5-1)67-70-68(47-16-6-2-7-17-47)72-69(71-67)48-26-24-44(25-27-48)45-28-34-54(35-29-45)74-62-23-13-11-21-56(62)58-41-50(31-37-64(58)74)52-33-39-66-60(43-52)59-42-51(32-38-65(59)75-66)49-30-36-63-57(40-49)55-20-10-12-22-61(55)73(63)53-18-8-3-9-19-53/h1-35,37-43,63H,36H2. The van der Waals surface area contributed by atoms with E-state index < -0.39 is 0 Å². The SMILES string of the molecule is C1=C(c2ccc3oc4ccc(-c5ccc6c(c5)c5ccccc5n6-c5ccc(-c6ccc(-c7nc(-c8ccccc8)nc(-c8ccccc8)n7)cc6)cc5)cc4c3c2)C=C2c3ccccc3N(c3ccccc3)C2C1. The van der Waals surface area contributed by atoms with Gasteiger partial charge in [0, 0.05) is 60.9 Å². The number of aromatic nitrogens is 4. The number of hydrogen-bond donors (Lipinski definition) is 0. The molecule has 13 aromatic rings. The van der Waals surface area contributed by atoms with Gasteiger partial charge in [-0.25, -0.2) is 15.0 Å². The Hall–Kier alpha value is -9.91. The summed E-state index contributed by atoms with van der Waals surface area (Å²) >= 11 is 0. The molecule has 10 aromatic carbocycles. The average Bonchev–Trinajstić information content (AvgIpc) is 4.17. The molecule has 6 nitrogen and oxygen atoms in total. The molecule has 0 spiro atoms. The van der Waals surface area contributed by atoms with Gasteiger partial charge in [0.25, 0.3) is 0 Å². The molecule has 0 amide bonds. The van der Waals surface area contributed by atoms with Crippen molar-refractivity contribution in [2.45, 2.75) is 12.5 Å². The van der Waals surface area contributed by atoms with E-state index in [0.717, 1.165) is 78.5 Å². The lowest BCUT2D eigenvalue weighted by Crippen LogP contribution is -2.27. The van der Waals surface area contributed by atoms with E-state index in [0.29, 0.717) is 17.5 Å². The van der Waals surface area contributed by atoms with Crippen molar-refractivity contribution >= 4 is 66.3 Å². The van der Waals surface area contributed by atoms with E-state index in [9.17, 15) is 0 Å². The Bertz CT molecular complexity index is 4360. The van der Waals surface area contributed by atoms with Gasteiger partial charge in [-0.1, -0.05) is 176 Å². The molecule has 75 heavy (non-hydrogen) atoms. The molecule has 1 aliphatic carbocycles. The molecule has 2 aliphatic rings. The normalized spacial score (nSPS) is 14.1. The average molecular weight is 960 g/mol. The second-order valence-electron chi connectivity index (χ2n) is 19.5. The maximum Gasteiger partial charge on any atom is 0.164 e.